The predicted octanol–water partition coefficient (Wildman–Crippen LogP) is 3.44. The summed E-state index contributed by atoms with van der Waals surface area (Å²) in [6.07, 6.45) is -0.262. The van der Waals surface area contributed by atoms with Gasteiger partial charge >= 0.3 is 5.97 Å². The minimum atomic E-state index is -1.27. The van der Waals surface area contributed by atoms with E-state index in [-0.39, 0.29) is 24.3 Å². The van der Waals surface area contributed by atoms with Crippen LogP contribution in [0.2, 0.25) is 0 Å². The summed E-state index contributed by atoms with van der Waals surface area (Å²) < 4.78 is 6.26. The number of nitrogens with zero attached hydrogens (tertiary/aromatic N) is 1. The zero-order valence-electron chi connectivity index (χ0n) is 16.3. The largest absolute Gasteiger partial charge is 0.466 e. The average molecular weight is 557 g/mol. The van der Waals surface area contributed by atoms with Gasteiger partial charge < -0.3 is 15.8 Å². The maximum Gasteiger partial charge on any atom is 0.306 e. The third-order valence-corrected chi connectivity index (χ3v) is 5.26. The molecule has 2 atom stereocenters. The van der Waals surface area contributed by atoms with E-state index in [9.17, 15) is 24.5 Å². The Balaban J connectivity index is 2.40. The first-order valence-corrected chi connectivity index (χ1v) is 10.7. The molecule has 0 saturated carbocycles. The van der Waals surface area contributed by atoms with Crippen LogP contribution < -0.4 is 11.1 Å². The van der Waals surface area contributed by atoms with Crippen LogP contribution in [0.25, 0.3) is 0 Å². The van der Waals surface area contributed by atoms with Crippen LogP contribution in [0.3, 0.4) is 0 Å². The number of rotatable bonds is 9. The number of hydrogen-bond donors (Lipinski definition) is 2. The van der Waals surface area contributed by atoms with Crippen LogP contribution in [0.1, 0.15) is 35.2 Å². The zero-order valence-corrected chi connectivity index (χ0v) is 19.5. The average Bonchev–Trinajstić information content (AvgIpc) is 2.69. The van der Waals surface area contributed by atoms with Gasteiger partial charge in [0.1, 0.15) is 6.04 Å². The van der Waals surface area contributed by atoms with Gasteiger partial charge in [0.2, 0.25) is 5.91 Å². The molecule has 3 N–H and O–H groups in total. The topological polar surface area (TPSA) is 142 Å². The Labute approximate surface area is 194 Å². The van der Waals surface area contributed by atoms with E-state index in [2.05, 4.69) is 37.2 Å². The third-order valence-electron chi connectivity index (χ3n) is 4.34. The van der Waals surface area contributed by atoms with Crippen molar-refractivity contribution in [2.24, 2.45) is 5.73 Å². The van der Waals surface area contributed by atoms with Gasteiger partial charge in [0.05, 0.1) is 18.0 Å². The molecule has 0 bridgehead atoms. The molecule has 0 aliphatic rings. The number of halogens is 2. The lowest BCUT2D eigenvalue weighted by atomic mass is 9.87. The highest BCUT2D eigenvalue weighted by Gasteiger charge is 2.32. The smallest absolute Gasteiger partial charge is 0.306 e. The molecule has 2 aromatic rings. The second-order valence-corrected chi connectivity index (χ2v) is 8.31. The Bertz CT molecular complexity index is 977. The van der Waals surface area contributed by atoms with E-state index in [1.54, 1.807) is 25.1 Å². The number of nitro groups is 1. The molecule has 2 aromatic carbocycles. The Morgan fingerprint density at radius 3 is 2.19 bits per heavy atom. The van der Waals surface area contributed by atoms with Crippen molar-refractivity contribution in [1.82, 2.24) is 5.32 Å². The number of carbonyl (C=O) groups is 3. The Hall–Kier alpha value is -2.79. The molecule has 0 unspecified atom stereocenters. The molecule has 164 valence electrons. The van der Waals surface area contributed by atoms with Gasteiger partial charge in [-0.3, -0.25) is 24.5 Å². The van der Waals surface area contributed by atoms with Crippen molar-refractivity contribution in [3.8, 4) is 0 Å². The maximum atomic E-state index is 12.8. The molecule has 0 heterocycles. The quantitative estimate of drug-likeness (QED) is 0.275. The monoisotopic (exact) mass is 555 g/mol. The molecular weight excluding hydrogens is 538 g/mol. The van der Waals surface area contributed by atoms with Crippen molar-refractivity contribution in [3.05, 3.63) is 72.7 Å². The highest BCUT2D eigenvalue weighted by atomic mass is 79.9. The van der Waals surface area contributed by atoms with Gasteiger partial charge in [-0.25, -0.2) is 0 Å². The molecule has 2 amide bonds. The van der Waals surface area contributed by atoms with Crippen molar-refractivity contribution in [2.45, 2.75) is 25.3 Å². The van der Waals surface area contributed by atoms with Gasteiger partial charge in [0.25, 0.3) is 11.6 Å². The Morgan fingerprint density at radius 2 is 1.71 bits per heavy atom. The third kappa shape index (κ3) is 6.86. The molecule has 9 nitrogen and oxygen atoms in total. The molecule has 0 spiro atoms. The second-order valence-electron chi connectivity index (χ2n) is 6.48. The van der Waals surface area contributed by atoms with Crippen LogP contribution in [-0.4, -0.2) is 35.4 Å². The van der Waals surface area contributed by atoms with E-state index in [1.165, 1.54) is 24.3 Å². The molecular formula is C20H19Br2N3O6. The Kier molecular flexibility index (Phi) is 8.69. The number of nitrogens with two attached hydrogens (primary N) is 1. The number of primary amides is 1. The number of benzene rings is 2. The van der Waals surface area contributed by atoms with Gasteiger partial charge in [-0.2, -0.15) is 0 Å². The molecule has 0 fully saturated rings. The van der Waals surface area contributed by atoms with Crippen LogP contribution in [-0.2, 0) is 14.3 Å². The zero-order chi connectivity index (χ0) is 23.1. The molecule has 11 heteroatoms. The van der Waals surface area contributed by atoms with E-state index >= 15 is 0 Å². The fourth-order valence-electron chi connectivity index (χ4n) is 2.95. The fraction of sp³-hybridized carbons (Fsp3) is 0.250. The second kappa shape index (κ2) is 11.0. The highest BCUT2D eigenvalue weighted by molar-refractivity contribution is 9.11. The first-order valence-electron chi connectivity index (χ1n) is 9.08. The van der Waals surface area contributed by atoms with Gasteiger partial charge in [-0.1, -0.05) is 44.0 Å². The number of hydrogen-bond acceptors (Lipinski definition) is 6. The summed E-state index contributed by atoms with van der Waals surface area (Å²) in [5, 5.41) is 13.5. The Morgan fingerprint density at radius 1 is 1.13 bits per heavy atom. The van der Waals surface area contributed by atoms with Crippen molar-refractivity contribution in [3.63, 3.8) is 0 Å². The summed E-state index contributed by atoms with van der Waals surface area (Å²) in [4.78, 5) is 47.6. The SMILES string of the molecule is CCOC(=O)C[C@@H](c1ccc([N+](=O)[O-])cc1)[C@H](NC(=O)c1cc(Br)cc(Br)c1)C(N)=O. The number of carbonyl (C=O) groups excluding carboxylic acids is 3. The maximum absolute atomic E-state index is 12.8. The highest BCUT2D eigenvalue weighted by Crippen LogP contribution is 2.27. The number of nitrogens with one attached hydrogen (secondary N) is 1. The van der Waals surface area contributed by atoms with E-state index in [4.69, 9.17) is 10.5 Å². The van der Waals surface area contributed by atoms with Gasteiger partial charge in [0, 0.05) is 32.6 Å². The van der Waals surface area contributed by atoms with E-state index in [1.807, 2.05) is 0 Å². The number of esters is 1. The minimum Gasteiger partial charge on any atom is -0.466 e. The van der Waals surface area contributed by atoms with E-state index < -0.39 is 34.7 Å². The van der Waals surface area contributed by atoms with Gasteiger partial charge in [-0.15, -0.1) is 0 Å². The summed E-state index contributed by atoms with van der Waals surface area (Å²) in [7, 11) is 0. The molecule has 0 radical (unpaired) electrons. The summed E-state index contributed by atoms with van der Waals surface area (Å²) in [6, 6.07) is 8.92. The van der Waals surface area contributed by atoms with Gasteiger partial charge in [-0.05, 0) is 30.7 Å². The molecule has 2 rings (SSSR count). The fourth-order valence-corrected chi connectivity index (χ4v) is 4.24. The lowest BCUT2D eigenvalue weighted by Gasteiger charge is -2.25. The number of ether oxygens (including phenoxy) is 1. The van der Waals surface area contributed by atoms with Crippen LogP contribution >= 0.6 is 31.9 Å². The van der Waals surface area contributed by atoms with Crippen LogP contribution in [0.5, 0.6) is 0 Å². The normalized spacial score (nSPS) is 12.5. The molecule has 0 saturated heterocycles. The van der Waals surface area contributed by atoms with Crippen molar-refractivity contribution < 1.29 is 24.0 Å². The van der Waals surface area contributed by atoms with Crippen molar-refractivity contribution in [2.75, 3.05) is 6.61 Å². The lowest BCUT2D eigenvalue weighted by molar-refractivity contribution is -0.384. The molecule has 0 aliphatic carbocycles. The summed E-state index contributed by atoms with van der Waals surface area (Å²) >= 11 is 6.59. The van der Waals surface area contributed by atoms with Crippen LogP contribution in [0.15, 0.2) is 51.4 Å². The summed E-state index contributed by atoms with van der Waals surface area (Å²) in [6.45, 7) is 1.77. The first kappa shape index (κ1) is 24.5. The lowest BCUT2D eigenvalue weighted by Crippen LogP contribution is -2.48. The number of non-ortho nitro benzene ring substituents is 1. The standard InChI is InChI=1S/C20H19Br2N3O6/c1-2-31-17(26)10-16(11-3-5-15(6-4-11)25(29)30)18(19(23)27)24-20(28)12-7-13(21)9-14(22)8-12/h3-9,16,18H,2,10H2,1H3,(H2,23,27)(H,24,28)/t16-,18-/m0/s1. The molecule has 0 aromatic heterocycles. The first-order chi connectivity index (χ1) is 14.6. The van der Waals surface area contributed by atoms with Crippen molar-refractivity contribution >= 4 is 55.3 Å². The predicted molar refractivity (Wildman–Crippen MR) is 119 cm³/mol. The van der Waals surface area contributed by atoms with Crippen LogP contribution in [0.4, 0.5) is 5.69 Å². The number of amides is 2. The van der Waals surface area contributed by atoms with Gasteiger partial charge in [0.15, 0.2) is 0 Å². The molecule has 0 aliphatic heterocycles. The van der Waals surface area contributed by atoms with Crippen LogP contribution in [0, 0.1) is 10.1 Å². The summed E-state index contributed by atoms with van der Waals surface area (Å²) in [5.41, 5.74) is 6.07. The molecule has 31 heavy (non-hydrogen) atoms. The van der Waals surface area contributed by atoms with E-state index in [0.717, 1.165) is 0 Å². The van der Waals surface area contributed by atoms with E-state index in [0.29, 0.717) is 14.5 Å². The number of nitro benzene ring substituents is 1. The van der Waals surface area contributed by atoms with Crippen molar-refractivity contribution in [1.29, 1.82) is 0 Å². The summed E-state index contributed by atoms with van der Waals surface area (Å²) in [5.74, 6) is -2.94. The minimum absolute atomic E-state index is 0.130.